The Bertz CT molecular complexity index is 877. The highest BCUT2D eigenvalue weighted by atomic mass is 35.5. The van der Waals surface area contributed by atoms with Crippen LogP contribution in [0.1, 0.15) is 23.2 Å². The van der Waals surface area contributed by atoms with Crippen LogP contribution >= 0.6 is 11.8 Å². The quantitative estimate of drug-likeness (QED) is 0.707. The Hall–Kier alpha value is -2.36. The van der Waals surface area contributed by atoms with Crippen LogP contribution in [-0.2, 0) is 23.9 Å². The molecule has 1 amide bonds. The van der Waals surface area contributed by atoms with E-state index in [1.165, 1.54) is 11.0 Å². The predicted octanol–water partition coefficient (Wildman–Crippen LogP) is 3.41. The van der Waals surface area contributed by atoms with E-state index in [0.29, 0.717) is 23.4 Å². The summed E-state index contributed by atoms with van der Waals surface area (Å²) >= 11 is 5.42. The van der Waals surface area contributed by atoms with Crippen LogP contribution in [0, 0.1) is 0 Å². The molecule has 1 aliphatic rings. The van der Waals surface area contributed by atoms with Crippen molar-refractivity contribution >= 4 is 23.4 Å². The van der Waals surface area contributed by atoms with Crippen LogP contribution in [-0.4, -0.2) is 29.1 Å². The second-order valence-electron chi connectivity index (χ2n) is 6.13. The van der Waals surface area contributed by atoms with Gasteiger partial charge in [0.15, 0.2) is 0 Å². The molecule has 0 saturated heterocycles. The number of ether oxygens (including phenoxy) is 1. The predicted molar refractivity (Wildman–Crippen MR) is 96.2 cm³/mol. The summed E-state index contributed by atoms with van der Waals surface area (Å²) in [6, 6.07) is 7.20. The number of benzene rings is 1. The Balaban J connectivity index is 1.99. The molecule has 2 aromatic rings. The Morgan fingerprint density at radius 2 is 2.07 bits per heavy atom. The monoisotopic (exact) mass is 415 g/mol. The van der Waals surface area contributed by atoms with Crippen LogP contribution < -0.4 is 14.5 Å². The fourth-order valence-electron chi connectivity index (χ4n) is 3.05. The lowest BCUT2D eigenvalue weighted by molar-refractivity contribution is -0.141. The standard InChI is InChI=1S/C18H17ClF3N3O3/c19-23-10-11-8-15(18(20,21)22)24-16(9-11)28-14-3-1-2-13-12(14)4-5-17(27)25(13)6-7-26/h1-3,8-9,23,26H,4-7,10H2. The molecule has 0 saturated carbocycles. The average Bonchev–Trinajstić information content (AvgIpc) is 2.64. The number of anilines is 1. The van der Waals surface area contributed by atoms with Crippen LogP contribution in [0.2, 0.25) is 0 Å². The SMILES string of the molecule is O=C1CCc2c(Oc3cc(CNCl)cc(C(F)(F)F)n3)cccc2N1CCO. The van der Waals surface area contributed by atoms with Gasteiger partial charge in [-0.2, -0.15) is 13.2 Å². The van der Waals surface area contributed by atoms with E-state index in [4.69, 9.17) is 16.5 Å². The lowest BCUT2D eigenvalue weighted by atomic mass is 10.00. The normalized spacial score (nSPS) is 14.2. The van der Waals surface area contributed by atoms with Gasteiger partial charge < -0.3 is 14.7 Å². The van der Waals surface area contributed by atoms with Crippen molar-refractivity contribution < 1.29 is 27.8 Å². The van der Waals surface area contributed by atoms with Crippen LogP contribution in [0.4, 0.5) is 18.9 Å². The number of hydrogen-bond acceptors (Lipinski definition) is 5. The highest BCUT2D eigenvalue weighted by Crippen LogP contribution is 2.37. The summed E-state index contributed by atoms with van der Waals surface area (Å²) < 4.78 is 45.1. The molecule has 2 heterocycles. The lowest BCUT2D eigenvalue weighted by Crippen LogP contribution is -2.37. The number of carbonyl (C=O) groups excluding carboxylic acids is 1. The van der Waals surface area contributed by atoms with Gasteiger partial charge in [0.25, 0.3) is 0 Å². The number of alkyl halides is 3. The van der Waals surface area contributed by atoms with E-state index in [2.05, 4.69) is 9.82 Å². The van der Waals surface area contributed by atoms with E-state index >= 15 is 0 Å². The number of pyridine rings is 1. The number of rotatable bonds is 6. The summed E-state index contributed by atoms with van der Waals surface area (Å²) in [4.78, 5) is 19.4. The van der Waals surface area contributed by atoms with Crippen molar-refractivity contribution in [1.29, 1.82) is 0 Å². The number of β-amino-alcohol motifs (C(OH)–C–C–N with tert-alkyl or cyclic N) is 1. The van der Waals surface area contributed by atoms with Crippen LogP contribution in [0.5, 0.6) is 11.6 Å². The largest absolute Gasteiger partial charge is 0.439 e. The second kappa shape index (κ2) is 8.34. The van der Waals surface area contributed by atoms with Crippen molar-refractivity contribution in [2.75, 3.05) is 18.1 Å². The van der Waals surface area contributed by atoms with Gasteiger partial charge in [0, 0.05) is 31.1 Å². The molecule has 0 atom stereocenters. The van der Waals surface area contributed by atoms with Crippen molar-refractivity contribution in [3.05, 3.63) is 47.2 Å². The highest BCUT2D eigenvalue weighted by Gasteiger charge is 2.34. The molecule has 0 unspecified atom stereocenters. The van der Waals surface area contributed by atoms with Gasteiger partial charge in [-0.3, -0.25) is 4.79 Å². The van der Waals surface area contributed by atoms with Gasteiger partial charge in [0.2, 0.25) is 11.8 Å². The molecule has 0 aliphatic carbocycles. The van der Waals surface area contributed by atoms with Crippen molar-refractivity contribution in [2.24, 2.45) is 0 Å². The first-order valence-electron chi connectivity index (χ1n) is 8.46. The maximum atomic E-state index is 13.1. The Morgan fingerprint density at radius 1 is 1.29 bits per heavy atom. The van der Waals surface area contributed by atoms with Crippen molar-refractivity contribution in [3.8, 4) is 11.6 Å². The van der Waals surface area contributed by atoms with Crippen molar-refractivity contribution in [2.45, 2.75) is 25.6 Å². The molecule has 1 aromatic carbocycles. The highest BCUT2D eigenvalue weighted by molar-refractivity contribution is 6.13. The van der Waals surface area contributed by atoms with Crippen molar-refractivity contribution in [1.82, 2.24) is 9.82 Å². The van der Waals surface area contributed by atoms with E-state index in [0.717, 1.165) is 6.07 Å². The van der Waals surface area contributed by atoms with Gasteiger partial charge in [0.1, 0.15) is 11.4 Å². The molecule has 0 fully saturated rings. The molecular weight excluding hydrogens is 399 g/mol. The van der Waals surface area contributed by atoms with E-state index in [-0.39, 0.29) is 43.5 Å². The summed E-state index contributed by atoms with van der Waals surface area (Å²) in [5.41, 5.74) is 0.409. The van der Waals surface area contributed by atoms with Gasteiger partial charge in [-0.15, -0.1) is 0 Å². The Kier molecular flexibility index (Phi) is 6.07. The van der Waals surface area contributed by atoms with Gasteiger partial charge >= 0.3 is 6.18 Å². The minimum absolute atomic E-state index is 0.00477. The number of nitrogens with one attached hydrogen (secondary N) is 1. The molecule has 1 aliphatic heterocycles. The molecule has 2 N–H and O–H groups in total. The topological polar surface area (TPSA) is 74.7 Å². The summed E-state index contributed by atoms with van der Waals surface area (Å²) in [6.07, 6.45) is -4.05. The number of carbonyl (C=O) groups is 1. The summed E-state index contributed by atoms with van der Waals surface area (Å²) in [5, 5.41) is 9.20. The van der Waals surface area contributed by atoms with Crippen LogP contribution in [0.3, 0.4) is 0 Å². The van der Waals surface area contributed by atoms with Crippen LogP contribution in [0.15, 0.2) is 30.3 Å². The number of hydrogen-bond donors (Lipinski definition) is 2. The second-order valence-corrected chi connectivity index (χ2v) is 6.40. The minimum Gasteiger partial charge on any atom is -0.439 e. The molecule has 150 valence electrons. The molecule has 1 aromatic heterocycles. The molecule has 28 heavy (non-hydrogen) atoms. The number of halogens is 4. The number of aliphatic hydroxyl groups is 1. The van der Waals surface area contributed by atoms with Crippen LogP contribution in [0.25, 0.3) is 0 Å². The first kappa shape index (κ1) is 20.4. The average molecular weight is 416 g/mol. The third-order valence-electron chi connectivity index (χ3n) is 4.25. The number of amides is 1. The lowest BCUT2D eigenvalue weighted by Gasteiger charge is -2.30. The number of aromatic nitrogens is 1. The molecule has 3 rings (SSSR count). The first-order valence-corrected chi connectivity index (χ1v) is 8.84. The maximum absolute atomic E-state index is 13.1. The smallest absolute Gasteiger partial charge is 0.433 e. The zero-order valence-electron chi connectivity index (χ0n) is 14.6. The van der Waals surface area contributed by atoms with Gasteiger partial charge in [-0.05, 0) is 42.0 Å². The Labute approximate surface area is 164 Å². The summed E-state index contributed by atoms with van der Waals surface area (Å²) in [6.45, 7) is -0.0853. The fraction of sp³-hybridized carbons (Fsp3) is 0.333. The molecule has 0 spiro atoms. The molecule has 10 heteroatoms. The molecule has 0 bridgehead atoms. The number of fused-ring (bicyclic) bond motifs is 1. The zero-order chi connectivity index (χ0) is 20.3. The van der Waals surface area contributed by atoms with Gasteiger partial charge in [-0.25, -0.2) is 9.82 Å². The van der Waals surface area contributed by atoms with E-state index in [1.54, 1.807) is 18.2 Å². The third-order valence-corrected chi connectivity index (χ3v) is 4.38. The molecular formula is C18H17ClF3N3O3. The molecule has 6 nitrogen and oxygen atoms in total. The van der Waals surface area contributed by atoms with E-state index < -0.39 is 11.9 Å². The zero-order valence-corrected chi connectivity index (χ0v) is 15.3. The minimum atomic E-state index is -4.64. The Morgan fingerprint density at radius 3 is 2.75 bits per heavy atom. The van der Waals surface area contributed by atoms with Gasteiger partial charge in [-0.1, -0.05) is 6.07 Å². The first-order chi connectivity index (χ1) is 13.3. The summed E-state index contributed by atoms with van der Waals surface area (Å²) in [5.74, 6) is -0.0494. The van der Waals surface area contributed by atoms with Gasteiger partial charge in [0.05, 0.1) is 12.3 Å². The number of aliphatic hydroxyl groups excluding tert-OH is 1. The maximum Gasteiger partial charge on any atom is 0.433 e. The number of nitrogens with zero attached hydrogens (tertiary/aromatic N) is 2. The summed E-state index contributed by atoms with van der Waals surface area (Å²) in [7, 11) is 0. The van der Waals surface area contributed by atoms with Crippen molar-refractivity contribution in [3.63, 3.8) is 0 Å². The van der Waals surface area contributed by atoms with E-state index in [1.807, 2.05) is 0 Å². The van der Waals surface area contributed by atoms with E-state index in [9.17, 15) is 23.1 Å². The third kappa shape index (κ3) is 4.37. The fourth-order valence-corrected chi connectivity index (χ4v) is 3.20. The molecule has 0 radical (unpaired) electrons.